The maximum atomic E-state index is 13.8. The molecule has 0 N–H and O–H groups in total. The molecule has 0 saturated heterocycles. The fraction of sp³-hybridized carbons (Fsp3) is 0.360. The number of ether oxygens (including phenoxy) is 2. The summed E-state index contributed by atoms with van der Waals surface area (Å²) in [7, 11) is -3.40. The molecule has 7 nitrogen and oxygen atoms in total. The molecule has 3 aromatic rings. The van der Waals surface area contributed by atoms with Gasteiger partial charge < -0.3 is 9.47 Å². The van der Waals surface area contributed by atoms with E-state index in [1.807, 2.05) is 27.7 Å². The van der Waals surface area contributed by atoms with E-state index in [0.29, 0.717) is 17.7 Å². The lowest BCUT2D eigenvalue weighted by atomic mass is 10.1. The standard InChI is InChI=1S/C25H28F2N2O5S/c1-16(15-34-25(2,3)4)14-33-23-20(17-6-9-19(10-7-17)35(5,31)32)13-28-29(24(23)30)18-8-11-21(26)22(27)12-18/h6-13,16H,14-15H2,1-5H3/t16-/m1/s1. The van der Waals surface area contributed by atoms with Crippen LogP contribution in [-0.4, -0.2) is 43.3 Å². The van der Waals surface area contributed by atoms with Crippen LogP contribution in [0.25, 0.3) is 16.8 Å². The van der Waals surface area contributed by atoms with Crippen molar-refractivity contribution in [1.29, 1.82) is 0 Å². The zero-order valence-electron chi connectivity index (χ0n) is 20.2. The predicted molar refractivity (Wildman–Crippen MR) is 129 cm³/mol. The van der Waals surface area contributed by atoms with Gasteiger partial charge in [-0.1, -0.05) is 19.1 Å². The van der Waals surface area contributed by atoms with Gasteiger partial charge in [0.05, 0.1) is 35.6 Å². The summed E-state index contributed by atoms with van der Waals surface area (Å²) < 4.78 is 63.4. The molecule has 1 atom stereocenters. The van der Waals surface area contributed by atoms with Crippen LogP contribution < -0.4 is 10.3 Å². The number of rotatable bonds is 8. The molecule has 1 aromatic heterocycles. The van der Waals surface area contributed by atoms with Gasteiger partial charge in [0.2, 0.25) is 0 Å². The van der Waals surface area contributed by atoms with Crippen molar-refractivity contribution in [3.05, 3.63) is 70.6 Å². The van der Waals surface area contributed by atoms with Crippen LogP contribution in [-0.2, 0) is 14.6 Å². The Morgan fingerprint density at radius 3 is 2.26 bits per heavy atom. The van der Waals surface area contributed by atoms with Gasteiger partial charge >= 0.3 is 5.56 Å². The molecule has 1 heterocycles. The van der Waals surface area contributed by atoms with E-state index in [1.165, 1.54) is 24.4 Å². The highest BCUT2D eigenvalue weighted by molar-refractivity contribution is 7.90. The Bertz CT molecular complexity index is 1360. The van der Waals surface area contributed by atoms with Crippen LogP contribution in [0.3, 0.4) is 0 Å². The molecule has 10 heteroatoms. The Hall–Kier alpha value is -3.11. The van der Waals surface area contributed by atoms with E-state index in [2.05, 4.69) is 5.10 Å². The van der Waals surface area contributed by atoms with E-state index in [0.717, 1.165) is 23.1 Å². The number of hydrogen-bond donors (Lipinski definition) is 0. The first-order chi connectivity index (χ1) is 16.3. The van der Waals surface area contributed by atoms with E-state index < -0.39 is 27.0 Å². The average molecular weight is 507 g/mol. The summed E-state index contributed by atoms with van der Waals surface area (Å²) in [5, 5.41) is 4.12. The highest BCUT2D eigenvalue weighted by atomic mass is 32.2. The molecule has 0 aliphatic rings. The van der Waals surface area contributed by atoms with Gasteiger partial charge in [-0.25, -0.2) is 17.2 Å². The maximum Gasteiger partial charge on any atom is 0.314 e. The number of halogens is 2. The zero-order valence-corrected chi connectivity index (χ0v) is 21.0. The van der Waals surface area contributed by atoms with E-state index in [9.17, 15) is 22.0 Å². The van der Waals surface area contributed by atoms with Gasteiger partial charge in [-0.3, -0.25) is 4.79 Å². The van der Waals surface area contributed by atoms with Crippen LogP contribution >= 0.6 is 0 Å². The fourth-order valence-electron chi connectivity index (χ4n) is 3.13. The van der Waals surface area contributed by atoms with Crippen molar-refractivity contribution in [2.45, 2.75) is 38.2 Å². The quantitative estimate of drug-likeness (QED) is 0.450. The number of sulfone groups is 1. The molecule has 3 rings (SSSR count). The predicted octanol–water partition coefficient (Wildman–Crippen LogP) is 4.41. The molecule has 0 fully saturated rings. The Balaban J connectivity index is 2.03. The molecule has 0 aliphatic heterocycles. The third kappa shape index (κ3) is 6.73. The molecule has 2 aromatic carbocycles. The molecule has 0 aliphatic carbocycles. The van der Waals surface area contributed by atoms with E-state index in [-0.39, 0.29) is 34.5 Å². The lowest BCUT2D eigenvalue weighted by molar-refractivity contribution is -0.0258. The Morgan fingerprint density at radius 2 is 1.69 bits per heavy atom. The highest BCUT2D eigenvalue weighted by Gasteiger charge is 2.19. The van der Waals surface area contributed by atoms with Crippen LogP contribution in [0, 0.1) is 17.6 Å². The van der Waals surface area contributed by atoms with Gasteiger partial charge in [0.1, 0.15) is 0 Å². The minimum Gasteiger partial charge on any atom is -0.487 e. The number of aromatic nitrogens is 2. The summed E-state index contributed by atoms with van der Waals surface area (Å²) in [5.41, 5.74) is -0.145. The van der Waals surface area contributed by atoms with Crippen molar-refractivity contribution in [2.24, 2.45) is 5.92 Å². The van der Waals surface area contributed by atoms with Crippen molar-refractivity contribution in [2.75, 3.05) is 19.5 Å². The van der Waals surface area contributed by atoms with Gasteiger partial charge in [-0.15, -0.1) is 0 Å². The van der Waals surface area contributed by atoms with Crippen LogP contribution in [0.4, 0.5) is 8.78 Å². The largest absolute Gasteiger partial charge is 0.487 e. The third-order valence-corrected chi connectivity index (χ3v) is 6.12. The number of nitrogens with zero attached hydrogens (tertiary/aromatic N) is 2. The average Bonchev–Trinajstić information content (AvgIpc) is 2.77. The van der Waals surface area contributed by atoms with Crippen molar-refractivity contribution in [1.82, 2.24) is 9.78 Å². The van der Waals surface area contributed by atoms with Crippen molar-refractivity contribution in [3.8, 4) is 22.6 Å². The second-order valence-electron chi connectivity index (χ2n) is 9.34. The summed E-state index contributed by atoms with van der Waals surface area (Å²) in [5.74, 6) is -2.29. The topological polar surface area (TPSA) is 87.5 Å². The van der Waals surface area contributed by atoms with E-state index in [1.54, 1.807) is 12.1 Å². The SMILES string of the molecule is C[C@H](COc1c(-c2ccc(S(C)(=O)=O)cc2)cnn(-c2ccc(F)c(F)c2)c1=O)COC(C)(C)C. The second-order valence-corrected chi connectivity index (χ2v) is 11.4. The summed E-state index contributed by atoms with van der Waals surface area (Å²) in [6, 6.07) is 8.96. The molecule has 35 heavy (non-hydrogen) atoms. The van der Waals surface area contributed by atoms with Crippen LogP contribution in [0.5, 0.6) is 5.75 Å². The van der Waals surface area contributed by atoms with Crippen molar-refractivity contribution in [3.63, 3.8) is 0 Å². The summed E-state index contributed by atoms with van der Waals surface area (Å²) in [6.45, 7) is 8.24. The van der Waals surface area contributed by atoms with E-state index >= 15 is 0 Å². The zero-order chi connectivity index (χ0) is 26.0. The maximum absolute atomic E-state index is 13.8. The Kier molecular flexibility index (Phi) is 7.76. The second kappa shape index (κ2) is 10.2. The fourth-order valence-corrected chi connectivity index (χ4v) is 3.76. The molecule has 0 unspecified atom stereocenters. The van der Waals surface area contributed by atoms with Gasteiger partial charge in [0.15, 0.2) is 27.2 Å². The number of benzene rings is 2. The molecular formula is C25H28F2N2O5S. The van der Waals surface area contributed by atoms with Gasteiger partial charge in [0, 0.05) is 23.8 Å². The lowest BCUT2D eigenvalue weighted by Gasteiger charge is -2.23. The number of hydrogen-bond acceptors (Lipinski definition) is 6. The van der Waals surface area contributed by atoms with Crippen LogP contribution in [0.15, 0.2) is 58.4 Å². The first-order valence-corrected chi connectivity index (χ1v) is 12.8. The van der Waals surface area contributed by atoms with Gasteiger partial charge in [0.25, 0.3) is 0 Å². The third-order valence-electron chi connectivity index (χ3n) is 4.99. The molecule has 0 bridgehead atoms. The highest BCUT2D eigenvalue weighted by Crippen LogP contribution is 2.28. The first-order valence-electron chi connectivity index (χ1n) is 10.9. The summed E-state index contributed by atoms with van der Waals surface area (Å²) in [6.07, 6.45) is 2.46. The minimum absolute atomic E-state index is 0.0295. The summed E-state index contributed by atoms with van der Waals surface area (Å²) >= 11 is 0. The Morgan fingerprint density at radius 1 is 1.03 bits per heavy atom. The Labute approximate surface area is 203 Å². The minimum atomic E-state index is -3.40. The van der Waals surface area contributed by atoms with Crippen LogP contribution in [0.1, 0.15) is 27.7 Å². The van der Waals surface area contributed by atoms with Gasteiger partial charge in [-0.05, 0) is 50.6 Å². The van der Waals surface area contributed by atoms with Crippen LogP contribution in [0.2, 0.25) is 0 Å². The van der Waals surface area contributed by atoms with E-state index in [4.69, 9.17) is 9.47 Å². The molecule has 0 amide bonds. The normalized spacial score (nSPS) is 13.0. The molecule has 188 valence electrons. The lowest BCUT2D eigenvalue weighted by Crippen LogP contribution is -2.28. The summed E-state index contributed by atoms with van der Waals surface area (Å²) in [4.78, 5) is 13.5. The smallest absolute Gasteiger partial charge is 0.314 e. The molecule has 0 saturated carbocycles. The first kappa shape index (κ1) is 26.5. The molecule has 0 spiro atoms. The molecular weight excluding hydrogens is 478 g/mol. The molecule has 0 radical (unpaired) electrons. The van der Waals surface area contributed by atoms with Crippen molar-refractivity contribution < 1.29 is 26.7 Å². The monoisotopic (exact) mass is 506 g/mol. The van der Waals surface area contributed by atoms with Gasteiger partial charge in [-0.2, -0.15) is 9.78 Å². The van der Waals surface area contributed by atoms with Crippen molar-refractivity contribution >= 4 is 9.84 Å².